The van der Waals surface area contributed by atoms with Gasteiger partial charge in [-0.2, -0.15) is 0 Å². The Kier molecular flexibility index (Phi) is 9.07. The smallest absolute Gasteiger partial charge is 0.234 e. The van der Waals surface area contributed by atoms with Crippen LogP contribution in [0.15, 0.2) is 48.5 Å². The van der Waals surface area contributed by atoms with Gasteiger partial charge in [0.1, 0.15) is 0 Å². The van der Waals surface area contributed by atoms with Crippen LogP contribution in [0, 0.1) is 5.92 Å². The number of nitrogens with one attached hydrogen (secondary N) is 2. The van der Waals surface area contributed by atoms with Gasteiger partial charge in [-0.15, -0.1) is 0 Å². The van der Waals surface area contributed by atoms with Gasteiger partial charge < -0.3 is 15.4 Å². The van der Waals surface area contributed by atoms with E-state index >= 15 is 0 Å². The Bertz CT molecular complexity index is 796. The van der Waals surface area contributed by atoms with Gasteiger partial charge in [0.15, 0.2) is 0 Å². The maximum absolute atomic E-state index is 12.4. The van der Waals surface area contributed by atoms with Crippen molar-refractivity contribution in [1.82, 2.24) is 15.5 Å². The van der Waals surface area contributed by atoms with E-state index < -0.39 is 0 Å². The number of morpholine rings is 1. The normalized spacial score (nSPS) is 15.7. The van der Waals surface area contributed by atoms with E-state index in [0.29, 0.717) is 19.0 Å². The van der Waals surface area contributed by atoms with E-state index in [4.69, 9.17) is 4.74 Å². The third kappa shape index (κ3) is 7.46. The van der Waals surface area contributed by atoms with Gasteiger partial charge in [-0.25, -0.2) is 0 Å². The number of aryl methyl sites for hydroxylation is 1. The molecule has 1 aliphatic heterocycles. The molecule has 2 N–H and O–H groups in total. The highest BCUT2D eigenvalue weighted by Gasteiger charge is 2.16. The second-order valence-electron chi connectivity index (χ2n) is 8.68. The van der Waals surface area contributed by atoms with Crippen molar-refractivity contribution >= 4 is 5.91 Å². The van der Waals surface area contributed by atoms with Crippen molar-refractivity contribution in [2.45, 2.75) is 46.3 Å². The molecule has 1 amide bonds. The van der Waals surface area contributed by atoms with Crippen LogP contribution in [-0.4, -0.2) is 43.7 Å². The number of carbonyl (C=O) groups is 1. The van der Waals surface area contributed by atoms with Gasteiger partial charge in [-0.05, 0) is 34.6 Å². The molecule has 5 heteroatoms. The summed E-state index contributed by atoms with van der Waals surface area (Å²) in [6, 6.07) is 17.4. The van der Waals surface area contributed by atoms with Crippen LogP contribution in [0.4, 0.5) is 0 Å². The molecule has 2 aromatic rings. The lowest BCUT2D eigenvalue weighted by atomic mass is 9.95. The van der Waals surface area contributed by atoms with Crippen molar-refractivity contribution in [3.63, 3.8) is 0 Å². The van der Waals surface area contributed by atoms with Gasteiger partial charge in [-0.3, -0.25) is 9.69 Å². The van der Waals surface area contributed by atoms with E-state index in [9.17, 15) is 4.79 Å². The topological polar surface area (TPSA) is 53.6 Å². The number of benzene rings is 2. The molecule has 1 saturated heterocycles. The van der Waals surface area contributed by atoms with E-state index in [2.05, 4.69) is 84.8 Å². The van der Waals surface area contributed by atoms with Gasteiger partial charge in [0.05, 0.1) is 19.8 Å². The molecule has 0 radical (unpaired) electrons. The molecule has 0 spiro atoms. The summed E-state index contributed by atoms with van der Waals surface area (Å²) < 4.78 is 5.41. The summed E-state index contributed by atoms with van der Waals surface area (Å²) in [6.07, 6.45) is 1.04. The summed E-state index contributed by atoms with van der Waals surface area (Å²) >= 11 is 0. The van der Waals surface area contributed by atoms with E-state index in [0.717, 1.165) is 44.8 Å². The van der Waals surface area contributed by atoms with E-state index in [1.807, 2.05) is 0 Å². The molecule has 0 unspecified atom stereocenters. The zero-order valence-corrected chi connectivity index (χ0v) is 19.2. The van der Waals surface area contributed by atoms with Gasteiger partial charge in [0.25, 0.3) is 0 Å². The van der Waals surface area contributed by atoms with Gasteiger partial charge in [0, 0.05) is 32.2 Å². The SMILES string of the molecule is CCc1ccc([C@H](NCC(=O)NCc2ccc(CN3CCOCC3)cc2)C(C)C)cc1. The molecule has 0 bridgehead atoms. The van der Waals surface area contributed by atoms with Crippen molar-refractivity contribution in [3.05, 3.63) is 70.8 Å². The lowest BCUT2D eigenvalue weighted by Crippen LogP contribution is -2.37. The van der Waals surface area contributed by atoms with Crippen LogP contribution in [0.5, 0.6) is 0 Å². The Hall–Kier alpha value is -2.21. The molecule has 0 saturated carbocycles. The first-order chi connectivity index (χ1) is 15.0. The molecule has 168 valence electrons. The fourth-order valence-electron chi connectivity index (χ4n) is 3.94. The average Bonchev–Trinajstić information content (AvgIpc) is 2.79. The fourth-order valence-corrected chi connectivity index (χ4v) is 3.94. The molecule has 1 heterocycles. The van der Waals surface area contributed by atoms with Crippen molar-refractivity contribution in [2.24, 2.45) is 5.92 Å². The largest absolute Gasteiger partial charge is 0.379 e. The number of rotatable bonds is 10. The molecular formula is C26H37N3O2. The number of hydrogen-bond donors (Lipinski definition) is 2. The van der Waals surface area contributed by atoms with E-state index in [1.54, 1.807) is 0 Å². The quantitative estimate of drug-likeness (QED) is 0.612. The minimum atomic E-state index is 0.0215. The molecule has 1 fully saturated rings. The van der Waals surface area contributed by atoms with Crippen LogP contribution in [0.3, 0.4) is 0 Å². The number of carbonyl (C=O) groups excluding carboxylic acids is 1. The molecule has 0 aliphatic carbocycles. The van der Waals surface area contributed by atoms with Gasteiger partial charge in [0.2, 0.25) is 5.91 Å². The van der Waals surface area contributed by atoms with Crippen molar-refractivity contribution in [1.29, 1.82) is 0 Å². The zero-order valence-electron chi connectivity index (χ0n) is 19.2. The predicted molar refractivity (Wildman–Crippen MR) is 126 cm³/mol. The Morgan fingerprint density at radius 1 is 0.968 bits per heavy atom. The van der Waals surface area contributed by atoms with Crippen LogP contribution in [-0.2, 0) is 29.0 Å². The summed E-state index contributed by atoms with van der Waals surface area (Å²) in [7, 11) is 0. The first-order valence-electron chi connectivity index (χ1n) is 11.5. The minimum Gasteiger partial charge on any atom is -0.379 e. The predicted octanol–water partition coefficient (Wildman–Crippen LogP) is 3.68. The lowest BCUT2D eigenvalue weighted by Gasteiger charge is -2.26. The molecule has 31 heavy (non-hydrogen) atoms. The number of ether oxygens (including phenoxy) is 1. The summed E-state index contributed by atoms with van der Waals surface area (Å²) in [5.74, 6) is 0.424. The third-order valence-electron chi connectivity index (χ3n) is 5.92. The molecule has 2 aromatic carbocycles. The highest BCUT2D eigenvalue weighted by molar-refractivity contribution is 5.78. The Morgan fingerprint density at radius 3 is 2.19 bits per heavy atom. The first-order valence-corrected chi connectivity index (χ1v) is 11.5. The Morgan fingerprint density at radius 2 is 1.58 bits per heavy atom. The maximum Gasteiger partial charge on any atom is 0.234 e. The van der Waals surface area contributed by atoms with E-state index in [1.165, 1.54) is 16.7 Å². The van der Waals surface area contributed by atoms with Crippen LogP contribution in [0.2, 0.25) is 0 Å². The molecule has 1 aliphatic rings. The summed E-state index contributed by atoms with van der Waals surface area (Å²) in [5.41, 5.74) is 4.98. The number of hydrogen-bond acceptors (Lipinski definition) is 4. The average molecular weight is 424 g/mol. The van der Waals surface area contributed by atoms with Crippen molar-refractivity contribution in [2.75, 3.05) is 32.8 Å². The molecule has 5 nitrogen and oxygen atoms in total. The first kappa shape index (κ1) is 23.5. The van der Waals surface area contributed by atoms with Crippen LogP contribution in [0.25, 0.3) is 0 Å². The van der Waals surface area contributed by atoms with Crippen molar-refractivity contribution in [3.8, 4) is 0 Å². The second kappa shape index (κ2) is 12.0. The van der Waals surface area contributed by atoms with Crippen LogP contribution in [0.1, 0.15) is 49.1 Å². The molecular weight excluding hydrogens is 386 g/mol. The van der Waals surface area contributed by atoms with Crippen LogP contribution < -0.4 is 10.6 Å². The molecule has 1 atom stereocenters. The summed E-state index contributed by atoms with van der Waals surface area (Å²) in [4.78, 5) is 14.8. The maximum atomic E-state index is 12.4. The second-order valence-corrected chi connectivity index (χ2v) is 8.68. The minimum absolute atomic E-state index is 0.0215. The monoisotopic (exact) mass is 423 g/mol. The fraction of sp³-hybridized carbons (Fsp3) is 0.500. The molecule has 3 rings (SSSR count). The zero-order chi connectivity index (χ0) is 22.1. The summed E-state index contributed by atoms with van der Waals surface area (Å²) in [5, 5.41) is 6.47. The number of amides is 1. The Labute approximate surface area is 187 Å². The van der Waals surface area contributed by atoms with Crippen LogP contribution >= 0.6 is 0 Å². The lowest BCUT2D eigenvalue weighted by molar-refractivity contribution is -0.120. The Balaban J connectivity index is 1.44. The highest BCUT2D eigenvalue weighted by atomic mass is 16.5. The molecule has 0 aromatic heterocycles. The van der Waals surface area contributed by atoms with Crippen molar-refractivity contribution < 1.29 is 9.53 Å². The highest BCUT2D eigenvalue weighted by Crippen LogP contribution is 2.22. The number of nitrogens with zero attached hydrogens (tertiary/aromatic N) is 1. The summed E-state index contributed by atoms with van der Waals surface area (Å²) in [6.45, 7) is 12.0. The standard InChI is InChI=1S/C26H37N3O2/c1-4-21-9-11-24(12-10-21)26(20(2)3)28-18-25(30)27-17-22-5-7-23(8-6-22)19-29-13-15-31-16-14-29/h5-12,20,26,28H,4,13-19H2,1-3H3,(H,27,30)/t26-/m1/s1. The van der Waals surface area contributed by atoms with E-state index in [-0.39, 0.29) is 11.9 Å². The van der Waals surface area contributed by atoms with Gasteiger partial charge in [-0.1, -0.05) is 69.3 Å². The van der Waals surface area contributed by atoms with Gasteiger partial charge >= 0.3 is 0 Å². The third-order valence-corrected chi connectivity index (χ3v) is 5.92.